The Hall–Kier alpha value is -2.63. The van der Waals surface area contributed by atoms with Crippen LogP contribution in [0.15, 0.2) is 36.4 Å². The van der Waals surface area contributed by atoms with E-state index in [0.717, 1.165) is 43.7 Å². The van der Waals surface area contributed by atoms with Gasteiger partial charge >= 0.3 is 0 Å². The summed E-state index contributed by atoms with van der Waals surface area (Å²) in [5.74, 6) is 1.29. The molecule has 0 saturated heterocycles. The van der Waals surface area contributed by atoms with E-state index < -0.39 is 0 Å². The summed E-state index contributed by atoms with van der Waals surface area (Å²) in [6, 6.07) is 10.0. The highest BCUT2D eigenvalue weighted by atomic mass is 19.1. The van der Waals surface area contributed by atoms with Gasteiger partial charge in [0.1, 0.15) is 24.0 Å². The summed E-state index contributed by atoms with van der Waals surface area (Å²) >= 11 is 0. The van der Waals surface area contributed by atoms with Crippen LogP contribution in [0, 0.1) is 5.82 Å². The molecule has 1 aromatic heterocycles. The highest BCUT2D eigenvalue weighted by molar-refractivity contribution is 5.75. The maximum atomic E-state index is 12.8. The molecule has 0 atom stereocenters. The monoisotopic (exact) mass is 387 g/mol. The van der Waals surface area contributed by atoms with Gasteiger partial charge in [0.15, 0.2) is 0 Å². The van der Waals surface area contributed by atoms with Crippen LogP contribution in [0.3, 0.4) is 0 Å². The molecule has 0 unspecified atom stereocenters. The number of aromatic nitrogens is 1. The molecule has 0 fully saturated rings. The predicted molar refractivity (Wildman–Crippen MR) is 110 cm³/mol. The average molecular weight is 387 g/mol. The molecule has 1 aliphatic heterocycles. The van der Waals surface area contributed by atoms with E-state index in [1.165, 1.54) is 17.7 Å². The maximum absolute atomic E-state index is 12.8. The Kier molecular flexibility index (Phi) is 9.25. The molecular formula is C22H30FN3O2. The number of carbonyl (C=O) groups excluding carboxylic acids is 1. The van der Waals surface area contributed by atoms with Crippen LogP contribution >= 0.6 is 0 Å². The van der Waals surface area contributed by atoms with Gasteiger partial charge in [-0.1, -0.05) is 19.9 Å². The standard InChI is InChI=1S/C20H24FN3O2.C2H6/c21-16-7-10-18(11-8-16)26-14-13-22-19(25)5-1-4-17-9-6-15-3-2-12-23-20(15)24-17;1-2/h6-11H,1-5,12-14H2,(H,22,25)(H,23,24);1-2H3. The van der Waals surface area contributed by atoms with Gasteiger partial charge in [-0.2, -0.15) is 0 Å². The van der Waals surface area contributed by atoms with Crippen LogP contribution < -0.4 is 15.4 Å². The number of hydrogen-bond acceptors (Lipinski definition) is 4. The van der Waals surface area contributed by atoms with E-state index in [9.17, 15) is 9.18 Å². The van der Waals surface area contributed by atoms with Crippen LogP contribution in [-0.4, -0.2) is 30.6 Å². The fourth-order valence-corrected chi connectivity index (χ4v) is 2.92. The third-order valence-corrected chi connectivity index (χ3v) is 4.30. The number of nitrogens with zero attached hydrogens (tertiary/aromatic N) is 1. The highest BCUT2D eigenvalue weighted by Crippen LogP contribution is 2.20. The Balaban J connectivity index is 0.00000136. The number of hydrogen-bond donors (Lipinski definition) is 2. The molecule has 1 aromatic carbocycles. The number of pyridine rings is 1. The molecule has 2 heterocycles. The Labute approximate surface area is 166 Å². The van der Waals surface area contributed by atoms with Gasteiger partial charge in [-0.15, -0.1) is 0 Å². The van der Waals surface area contributed by atoms with Crippen LogP contribution in [0.4, 0.5) is 10.2 Å². The van der Waals surface area contributed by atoms with E-state index in [0.29, 0.717) is 25.3 Å². The van der Waals surface area contributed by atoms with E-state index in [1.807, 2.05) is 13.8 Å². The first-order chi connectivity index (χ1) is 13.7. The lowest BCUT2D eigenvalue weighted by Crippen LogP contribution is -2.27. The molecule has 0 saturated carbocycles. The van der Waals surface area contributed by atoms with Crippen molar-refractivity contribution in [2.75, 3.05) is 25.0 Å². The molecule has 1 aliphatic rings. The number of anilines is 1. The minimum absolute atomic E-state index is 0.00351. The summed E-state index contributed by atoms with van der Waals surface area (Å²) in [5.41, 5.74) is 2.30. The number of fused-ring (bicyclic) bond motifs is 1. The van der Waals surface area contributed by atoms with Crippen LogP contribution in [0.25, 0.3) is 0 Å². The first-order valence-electron chi connectivity index (χ1n) is 10.1. The zero-order valence-electron chi connectivity index (χ0n) is 16.8. The first-order valence-corrected chi connectivity index (χ1v) is 10.1. The highest BCUT2D eigenvalue weighted by Gasteiger charge is 2.10. The number of aryl methyl sites for hydroxylation is 2. The Bertz CT molecular complexity index is 735. The molecule has 152 valence electrons. The first kappa shape index (κ1) is 21.7. The van der Waals surface area contributed by atoms with Gasteiger partial charge in [-0.05, 0) is 61.6 Å². The van der Waals surface area contributed by atoms with Crippen molar-refractivity contribution in [2.45, 2.75) is 46.0 Å². The second-order valence-corrected chi connectivity index (χ2v) is 6.35. The van der Waals surface area contributed by atoms with Gasteiger partial charge in [-0.3, -0.25) is 4.79 Å². The van der Waals surface area contributed by atoms with Crippen molar-refractivity contribution < 1.29 is 13.9 Å². The Morgan fingerprint density at radius 1 is 1.21 bits per heavy atom. The molecule has 2 aromatic rings. The largest absolute Gasteiger partial charge is 0.492 e. The molecule has 0 radical (unpaired) electrons. The van der Waals surface area contributed by atoms with Crippen molar-refractivity contribution in [3.8, 4) is 5.75 Å². The topological polar surface area (TPSA) is 63.2 Å². The van der Waals surface area contributed by atoms with Crippen LogP contribution in [0.2, 0.25) is 0 Å². The van der Waals surface area contributed by atoms with E-state index in [4.69, 9.17) is 4.74 Å². The maximum Gasteiger partial charge on any atom is 0.220 e. The number of nitrogens with one attached hydrogen (secondary N) is 2. The number of benzene rings is 1. The summed E-state index contributed by atoms with van der Waals surface area (Å²) in [4.78, 5) is 16.5. The molecule has 1 amide bonds. The molecule has 0 aliphatic carbocycles. The van der Waals surface area contributed by atoms with Gasteiger partial charge < -0.3 is 15.4 Å². The molecular weight excluding hydrogens is 357 g/mol. The lowest BCUT2D eigenvalue weighted by Gasteiger charge is -2.17. The van der Waals surface area contributed by atoms with Gasteiger partial charge in [0.25, 0.3) is 0 Å². The minimum atomic E-state index is -0.296. The lowest BCUT2D eigenvalue weighted by atomic mass is 10.1. The zero-order chi connectivity index (χ0) is 20.2. The molecule has 0 spiro atoms. The number of carbonyl (C=O) groups is 1. The third kappa shape index (κ3) is 7.18. The zero-order valence-corrected chi connectivity index (χ0v) is 16.8. The molecule has 6 heteroatoms. The molecule has 2 N–H and O–H groups in total. The van der Waals surface area contributed by atoms with E-state index in [-0.39, 0.29) is 11.7 Å². The smallest absolute Gasteiger partial charge is 0.220 e. The van der Waals surface area contributed by atoms with Crippen LogP contribution in [0.1, 0.15) is 44.4 Å². The van der Waals surface area contributed by atoms with Crippen LogP contribution in [0.5, 0.6) is 5.75 Å². The fraction of sp³-hybridized carbons (Fsp3) is 0.455. The van der Waals surface area contributed by atoms with Gasteiger partial charge in [0, 0.05) is 18.7 Å². The van der Waals surface area contributed by atoms with Crippen molar-refractivity contribution in [1.29, 1.82) is 0 Å². The summed E-state index contributed by atoms with van der Waals surface area (Å²) in [6.45, 7) is 5.76. The average Bonchev–Trinajstić information content (AvgIpc) is 2.74. The van der Waals surface area contributed by atoms with Crippen molar-refractivity contribution in [2.24, 2.45) is 0 Å². The Morgan fingerprint density at radius 3 is 2.79 bits per heavy atom. The van der Waals surface area contributed by atoms with Crippen molar-refractivity contribution in [3.05, 3.63) is 53.5 Å². The normalized spacial score (nSPS) is 12.1. The number of ether oxygens (including phenoxy) is 1. The number of amides is 1. The van der Waals surface area contributed by atoms with Crippen molar-refractivity contribution in [3.63, 3.8) is 0 Å². The summed E-state index contributed by atoms with van der Waals surface area (Å²) in [7, 11) is 0. The SMILES string of the molecule is CC.O=C(CCCc1ccc2c(n1)NCCC2)NCCOc1ccc(F)cc1. The Morgan fingerprint density at radius 2 is 2.00 bits per heavy atom. The number of rotatable bonds is 8. The molecule has 3 rings (SSSR count). The lowest BCUT2D eigenvalue weighted by molar-refractivity contribution is -0.121. The van der Waals surface area contributed by atoms with Crippen LogP contribution in [-0.2, 0) is 17.6 Å². The third-order valence-electron chi connectivity index (χ3n) is 4.30. The molecule has 0 bridgehead atoms. The van der Waals surface area contributed by atoms with E-state index in [2.05, 4.69) is 27.8 Å². The quantitative estimate of drug-likeness (QED) is 0.669. The second-order valence-electron chi connectivity index (χ2n) is 6.35. The van der Waals surface area contributed by atoms with Gasteiger partial charge in [-0.25, -0.2) is 9.37 Å². The van der Waals surface area contributed by atoms with E-state index >= 15 is 0 Å². The minimum Gasteiger partial charge on any atom is -0.492 e. The number of halogens is 1. The molecule has 28 heavy (non-hydrogen) atoms. The summed E-state index contributed by atoms with van der Waals surface area (Å²) < 4.78 is 18.2. The summed E-state index contributed by atoms with van der Waals surface area (Å²) in [6.07, 6.45) is 4.24. The van der Waals surface area contributed by atoms with E-state index in [1.54, 1.807) is 12.1 Å². The second kappa shape index (κ2) is 12.0. The van der Waals surface area contributed by atoms with Crippen molar-refractivity contribution >= 4 is 11.7 Å². The fourth-order valence-electron chi connectivity index (χ4n) is 2.92. The van der Waals surface area contributed by atoms with Gasteiger partial charge in [0.2, 0.25) is 5.91 Å². The predicted octanol–water partition coefficient (Wildman–Crippen LogP) is 4.12. The summed E-state index contributed by atoms with van der Waals surface area (Å²) in [5, 5.41) is 6.16. The van der Waals surface area contributed by atoms with Crippen molar-refractivity contribution in [1.82, 2.24) is 10.3 Å². The molecule has 5 nitrogen and oxygen atoms in total. The van der Waals surface area contributed by atoms with Gasteiger partial charge in [0.05, 0.1) is 6.54 Å².